The zero-order chi connectivity index (χ0) is 17.7. The van der Waals surface area contributed by atoms with Gasteiger partial charge in [0.05, 0.1) is 18.6 Å². The maximum Gasteiger partial charge on any atom is 0.264 e. The lowest BCUT2D eigenvalue weighted by Gasteiger charge is -2.21. The quantitative estimate of drug-likeness (QED) is 0.705. The third-order valence-corrected chi connectivity index (χ3v) is 6.11. The molecule has 0 radical (unpaired) electrons. The van der Waals surface area contributed by atoms with Crippen molar-refractivity contribution in [3.8, 4) is 0 Å². The van der Waals surface area contributed by atoms with Crippen LogP contribution in [0.15, 0.2) is 46.7 Å². The lowest BCUT2D eigenvalue weighted by Crippen LogP contribution is -2.30. The molecule has 1 aromatic heterocycles. The first-order chi connectivity index (χ1) is 11.4. The van der Waals surface area contributed by atoms with Crippen LogP contribution in [0.1, 0.15) is 22.2 Å². The van der Waals surface area contributed by atoms with Gasteiger partial charge in [-0.05, 0) is 36.6 Å². The van der Waals surface area contributed by atoms with Crippen molar-refractivity contribution in [3.05, 3.63) is 52.2 Å². The fraction of sp³-hybridized carbons (Fsp3) is 0.312. The van der Waals surface area contributed by atoms with Crippen molar-refractivity contribution in [1.82, 2.24) is 9.37 Å². The van der Waals surface area contributed by atoms with Crippen molar-refractivity contribution in [2.24, 2.45) is 0 Å². The monoisotopic (exact) mass is 368 g/mol. The normalized spacial score (nSPS) is 11.7. The topological polar surface area (TPSA) is 66.9 Å². The first-order valence-corrected chi connectivity index (χ1v) is 9.67. The zero-order valence-corrected chi connectivity index (χ0v) is 15.4. The molecule has 0 fully saturated rings. The Kier molecular flexibility index (Phi) is 6.11. The van der Waals surface area contributed by atoms with E-state index in [4.69, 9.17) is 4.84 Å². The van der Waals surface area contributed by atoms with Crippen LogP contribution in [0.25, 0.3) is 0 Å². The van der Waals surface area contributed by atoms with E-state index in [1.807, 2.05) is 24.4 Å². The largest absolute Gasteiger partial charge is 0.334 e. The molecule has 130 valence electrons. The number of rotatable bonds is 7. The van der Waals surface area contributed by atoms with Gasteiger partial charge >= 0.3 is 0 Å². The number of hydroxylamine groups is 1. The van der Waals surface area contributed by atoms with Crippen LogP contribution in [0.5, 0.6) is 0 Å². The molecule has 0 N–H and O–H groups in total. The summed E-state index contributed by atoms with van der Waals surface area (Å²) < 4.78 is 25.4. The molecule has 1 amide bonds. The average molecular weight is 368 g/mol. The van der Waals surface area contributed by atoms with Crippen LogP contribution in [-0.2, 0) is 21.4 Å². The molecule has 1 heterocycles. The summed E-state index contributed by atoms with van der Waals surface area (Å²) in [7, 11) is -1.21. The number of hydrogen-bond donors (Lipinski definition) is 0. The maximum atomic E-state index is 12.7. The highest BCUT2D eigenvalue weighted by atomic mass is 32.2. The van der Waals surface area contributed by atoms with Crippen LogP contribution in [-0.4, -0.2) is 44.4 Å². The standard InChI is InChI=1S/C16H20N2O4S2/c1-4-18(12-14-8-6-10-23-14)16(19)13-7-5-9-15(11-13)24(20,21)17(2)22-3/h5-11H,4,12H2,1-3H3. The average Bonchev–Trinajstić information content (AvgIpc) is 3.11. The van der Waals surface area contributed by atoms with Gasteiger partial charge in [0.2, 0.25) is 0 Å². The van der Waals surface area contributed by atoms with Gasteiger partial charge in [0.25, 0.3) is 15.9 Å². The van der Waals surface area contributed by atoms with Gasteiger partial charge in [0.1, 0.15) is 0 Å². The summed E-state index contributed by atoms with van der Waals surface area (Å²) in [6, 6.07) is 9.90. The lowest BCUT2D eigenvalue weighted by molar-refractivity contribution is -0.0258. The van der Waals surface area contributed by atoms with Gasteiger partial charge in [-0.25, -0.2) is 8.42 Å². The van der Waals surface area contributed by atoms with E-state index in [-0.39, 0.29) is 10.8 Å². The molecule has 1 aromatic carbocycles. The van der Waals surface area contributed by atoms with E-state index in [1.54, 1.807) is 28.4 Å². The van der Waals surface area contributed by atoms with Crippen molar-refractivity contribution >= 4 is 27.3 Å². The molecule has 0 saturated carbocycles. The van der Waals surface area contributed by atoms with Crippen LogP contribution in [0.3, 0.4) is 0 Å². The molecule has 2 rings (SSSR count). The molecule has 0 unspecified atom stereocenters. The Morgan fingerprint density at radius 3 is 2.58 bits per heavy atom. The van der Waals surface area contributed by atoms with E-state index >= 15 is 0 Å². The van der Waals surface area contributed by atoms with Gasteiger partial charge < -0.3 is 4.90 Å². The number of carbonyl (C=O) groups is 1. The number of hydrogen-bond acceptors (Lipinski definition) is 5. The molecule has 0 bridgehead atoms. The smallest absolute Gasteiger partial charge is 0.264 e. The molecular formula is C16H20N2O4S2. The molecule has 0 saturated heterocycles. The number of thiophene rings is 1. The van der Waals surface area contributed by atoms with Crippen molar-refractivity contribution < 1.29 is 18.0 Å². The number of benzene rings is 1. The Morgan fingerprint density at radius 1 is 1.25 bits per heavy atom. The first-order valence-electron chi connectivity index (χ1n) is 7.35. The van der Waals surface area contributed by atoms with Crippen LogP contribution >= 0.6 is 11.3 Å². The van der Waals surface area contributed by atoms with E-state index in [1.165, 1.54) is 26.3 Å². The third kappa shape index (κ3) is 4.02. The summed E-state index contributed by atoms with van der Waals surface area (Å²) in [6.45, 7) is 2.93. The number of carbonyl (C=O) groups excluding carboxylic acids is 1. The highest BCUT2D eigenvalue weighted by Gasteiger charge is 2.23. The predicted molar refractivity (Wildman–Crippen MR) is 93.1 cm³/mol. The summed E-state index contributed by atoms with van der Waals surface area (Å²) in [4.78, 5) is 20.2. The Bertz CT molecular complexity index is 788. The van der Waals surface area contributed by atoms with Crippen molar-refractivity contribution in [3.63, 3.8) is 0 Å². The minimum atomic E-state index is -3.78. The van der Waals surface area contributed by atoms with Gasteiger partial charge in [-0.3, -0.25) is 9.63 Å². The summed E-state index contributed by atoms with van der Waals surface area (Å²) in [5, 5.41) is 1.96. The second-order valence-electron chi connectivity index (χ2n) is 5.02. The van der Waals surface area contributed by atoms with E-state index < -0.39 is 10.0 Å². The summed E-state index contributed by atoms with van der Waals surface area (Å²) in [5.41, 5.74) is 0.332. The van der Waals surface area contributed by atoms with Crippen molar-refractivity contribution in [2.45, 2.75) is 18.4 Å². The van der Waals surface area contributed by atoms with Gasteiger partial charge in [-0.15, -0.1) is 11.3 Å². The molecule has 0 spiro atoms. The molecule has 24 heavy (non-hydrogen) atoms. The van der Waals surface area contributed by atoms with Gasteiger partial charge in [0.15, 0.2) is 0 Å². The van der Waals surface area contributed by atoms with Crippen LogP contribution in [0.4, 0.5) is 0 Å². The Hall–Kier alpha value is -1.74. The minimum Gasteiger partial charge on any atom is -0.334 e. The Morgan fingerprint density at radius 2 is 2.00 bits per heavy atom. The van der Waals surface area contributed by atoms with Gasteiger partial charge in [-0.1, -0.05) is 16.6 Å². The number of sulfonamides is 1. The van der Waals surface area contributed by atoms with E-state index in [9.17, 15) is 13.2 Å². The minimum absolute atomic E-state index is 0.0184. The Balaban J connectivity index is 2.28. The first kappa shape index (κ1) is 18.6. The second kappa shape index (κ2) is 7.89. The molecule has 2 aromatic rings. The molecule has 0 aliphatic carbocycles. The van der Waals surface area contributed by atoms with Crippen LogP contribution in [0, 0.1) is 0 Å². The SMILES string of the molecule is CCN(Cc1cccs1)C(=O)c1cccc(S(=O)(=O)N(C)OC)c1. The van der Waals surface area contributed by atoms with Crippen LogP contribution in [0.2, 0.25) is 0 Å². The van der Waals surface area contributed by atoms with Gasteiger partial charge in [0, 0.05) is 24.0 Å². The van der Waals surface area contributed by atoms with Crippen molar-refractivity contribution in [1.29, 1.82) is 0 Å². The summed E-state index contributed by atoms with van der Waals surface area (Å²) in [5.74, 6) is -0.206. The fourth-order valence-electron chi connectivity index (χ4n) is 2.14. The molecule has 0 aliphatic rings. The lowest BCUT2D eigenvalue weighted by atomic mass is 10.2. The third-order valence-electron chi connectivity index (χ3n) is 3.57. The fourth-order valence-corrected chi connectivity index (χ4v) is 3.88. The molecule has 8 heteroatoms. The Labute approximate surface area is 146 Å². The molecule has 0 aliphatic heterocycles. The maximum absolute atomic E-state index is 12.7. The summed E-state index contributed by atoms with van der Waals surface area (Å²) >= 11 is 1.58. The highest BCUT2D eigenvalue weighted by Crippen LogP contribution is 2.19. The number of amides is 1. The second-order valence-corrected chi connectivity index (χ2v) is 7.99. The van der Waals surface area contributed by atoms with Crippen molar-refractivity contribution in [2.75, 3.05) is 20.7 Å². The van der Waals surface area contributed by atoms with Gasteiger partial charge in [-0.2, -0.15) is 0 Å². The molecule has 6 nitrogen and oxygen atoms in total. The van der Waals surface area contributed by atoms with E-state index in [0.29, 0.717) is 18.7 Å². The van der Waals surface area contributed by atoms with E-state index in [2.05, 4.69) is 0 Å². The van der Waals surface area contributed by atoms with E-state index in [0.717, 1.165) is 9.35 Å². The predicted octanol–water partition coefficient (Wildman–Crippen LogP) is 2.59. The summed E-state index contributed by atoms with van der Waals surface area (Å²) in [6.07, 6.45) is 0. The zero-order valence-electron chi connectivity index (χ0n) is 13.8. The van der Waals surface area contributed by atoms with Crippen LogP contribution < -0.4 is 0 Å². The molecule has 0 atom stereocenters. The molecular weight excluding hydrogens is 348 g/mol. The highest BCUT2D eigenvalue weighted by molar-refractivity contribution is 7.89. The number of nitrogens with zero attached hydrogens (tertiary/aromatic N) is 2.